The summed E-state index contributed by atoms with van der Waals surface area (Å²) in [4.78, 5) is 3.34. The van der Waals surface area contributed by atoms with Crippen LogP contribution in [0.4, 0.5) is 0 Å². The van der Waals surface area contributed by atoms with Gasteiger partial charge in [0.25, 0.3) is 0 Å². The van der Waals surface area contributed by atoms with Crippen LogP contribution in [-0.2, 0) is 0 Å². The summed E-state index contributed by atoms with van der Waals surface area (Å²) in [5, 5.41) is 0. The molecule has 48 valence electrons. The van der Waals surface area contributed by atoms with E-state index in [4.69, 9.17) is 0 Å². The predicted molar refractivity (Wildman–Crippen MR) is 43.4 cm³/mol. The first kappa shape index (κ1) is 7.36. The van der Waals surface area contributed by atoms with Crippen molar-refractivity contribution in [3.63, 3.8) is 0 Å². The van der Waals surface area contributed by atoms with E-state index in [0.717, 1.165) is 29.9 Å². The zero-order chi connectivity index (χ0) is 6.04. The van der Waals surface area contributed by atoms with Gasteiger partial charge >= 0.3 is 65.2 Å². The van der Waals surface area contributed by atoms with Crippen molar-refractivity contribution in [2.24, 2.45) is 0 Å². The van der Waals surface area contributed by atoms with Gasteiger partial charge in [-0.1, -0.05) is 0 Å². The number of hydrogen-bond acceptors (Lipinski definition) is 0. The van der Waals surface area contributed by atoms with Crippen molar-refractivity contribution in [2.75, 3.05) is 0 Å². The zero-order valence-electron chi connectivity index (χ0n) is 5.44. The molecule has 0 nitrogen and oxygen atoms in total. The molecule has 0 atom stereocenters. The first-order chi connectivity index (χ1) is 3.71. The van der Waals surface area contributed by atoms with Crippen LogP contribution in [0, 0.1) is 0 Å². The molecule has 0 aromatic heterocycles. The monoisotopic (exact) mass is 260 g/mol. The zero-order valence-corrected chi connectivity index (χ0v) is 9.86. The Kier molecular flexibility index (Phi) is 2.66. The molecule has 1 rings (SSSR count). The molecule has 0 unspecified atom stereocenters. The fourth-order valence-electron chi connectivity index (χ4n) is 0.737. The van der Waals surface area contributed by atoms with E-state index in [1.165, 1.54) is 0 Å². The van der Waals surface area contributed by atoms with Gasteiger partial charge in [-0.3, -0.25) is 0 Å². The summed E-state index contributed by atoms with van der Waals surface area (Å²) in [7, 11) is -0.535. The van der Waals surface area contributed by atoms with Gasteiger partial charge in [-0.15, -0.1) is 0 Å². The van der Waals surface area contributed by atoms with Crippen LogP contribution in [0.3, 0.4) is 0 Å². The van der Waals surface area contributed by atoms with Gasteiger partial charge in [-0.05, 0) is 0 Å². The third-order valence-corrected chi connectivity index (χ3v) is 19.9. The van der Waals surface area contributed by atoms with Gasteiger partial charge < -0.3 is 0 Å². The molecule has 1 fully saturated rings. The number of hydrogen-bond donors (Lipinski definition) is 0. The van der Waals surface area contributed by atoms with Crippen molar-refractivity contribution < 1.29 is 0 Å². The van der Waals surface area contributed by atoms with Crippen LogP contribution in [0.15, 0.2) is 0 Å². The second-order valence-corrected chi connectivity index (χ2v) is 16.3. The molecule has 1 saturated heterocycles. The summed E-state index contributed by atoms with van der Waals surface area (Å²) in [5.74, 6) is 0. The quantitative estimate of drug-likeness (QED) is 0.576. The van der Waals surface area contributed by atoms with E-state index in [1.807, 2.05) is 0 Å². The maximum atomic E-state index is 2.55. The molecule has 0 aliphatic carbocycles. The van der Waals surface area contributed by atoms with Gasteiger partial charge in [-0.2, -0.15) is 0 Å². The molecule has 1 heterocycles. The average molecular weight is 258 g/mol. The topological polar surface area (TPSA) is 0 Å². The Labute approximate surface area is 65.1 Å². The van der Waals surface area contributed by atoms with Gasteiger partial charge in [-0.25, -0.2) is 0 Å². The normalized spacial score (nSPS) is 27.8. The summed E-state index contributed by atoms with van der Waals surface area (Å²) >= 11 is 2.15. The van der Waals surface area contributed by atoms with E-state index in [2.05, 4.69) is 13.1 Å². The third-order valence-electron chi connectivity index (χ3n) is 1.15. The van der Waals surface area contributed by atoms with Gasteiger partial charge in [0.15, 0.2) is 0 Å². The summed E-state index contributed by atoms with van der Waals surface area (Å²) in [6.07, 6.45) is 0. The Hall–Kier alpha value is 1.26. The van der Waals surface area contributed by atoms with Crippen molar-refractivity contribution in [1.29, 1.82) is 0 Å². The molecule has 0 saturated carbocycles. The van der Waals surface area contributed by atoms with Crippen LogP contribution < -0.4 is 0 Å². The van der Waals surface area contributed by atoms with E-state index in [9.17, 15) is 0 Å². The Morgan fingerprint density at radius 1 is 1.12 bits per heavy atom. The summed E-state index contributed by atoms with van der Waals surface area (Å²) in [6, 6.07) is 0. The van der Waals surface area contributed by atoms with E-state index < -0.39 is 8.07 Å². The van der Waals surface area contributed by atoms with Crippen LogP contribution in [-0.4, -0.2) is 38.0 Å². The minimum atomic E-state index is -0.535. The summed E-state index contributed by atoms with van der Waals surface area (Å²) < 4.78 is 1.64. The predicted octanol–water partition coefficient (Wildman–Crippen LogP) is 1.41. The fourth-order valence-corrected chi connectivity index (χ4v) is 20.3. The van der Waals surface area contributed by atoms with Crippen molar-refractivity contribution in [3.05, 3.63) is 0 Å². The fraction of sp³-hybridized carbons (Fsp3) is 1.00. The van der Waals surface area contributed by atoms with Crippen LogP contribution in [0.1, 0.15) is 0 Å². The first-order valence-electron chi connectivity index (χ1n) is 2.86. The molecule has 0 amide bonds. The minimum absolute atomic E-state index is 0.535. The second-order valence-electron chi connectivity index (χ2n) is 2.98. The number of rotatable bonds is 0. The standard InChI is InChI=1S/C5H12Se2Si/c1-8(2)4-6-3-7-5-8/h3-5H2,1-2H3. The molecule has 0 aromatic rings. The van der Waals surface area contributed by atoms with E-state index in [-0.39, 0.29) is 0 Å². The van der Waals surface area contributed by atoms with E-state index in [0.29, 0.717) is 0 Å². The maximum absolute atomic E-state index is 2.55. The molecule has 8 heavy (non-hydrogen) atoms. The van der Waals surface area contributed by atoms with Gasteiger partial charge in [0.1, 0.15) is 0 Å². The van der Waals surface area contributed by atoms with Crippen LogP contribution in [0.2, 0.25) is 27.2 Å². The van der Waals surface area contributed by atoms with Crippen molar-refractivity contribution in [3.8, 4) is 0 Å². The molecular formula is C5H12Se2Si. The van der Waals surface area contributed by atoms with Crippen molar-refractivity contribution >= 4 is 38.0 Å². The Bertz CT molecular complexity index is 74.5. The molecule has 1 aliphatic heterocycles. The molecule has 0 N–H and O–H groups in total. The molecule has 0 spiro atoms. The van der Waals surface area contributed by atoms with Gasteiger partial charge in [0, 0.05) is 0 Å². The average Bonchev–Trinajstić information content (AvgIpc) is 1.65. The van der Waals surface area contributed by atoms with E-state index in [1.54, 1.807) is 14.1 Å². The molecule has 0 bridgehead atoms. The Balaban J connectivity index is 2.33. The second kappa shape index (κ2) is 2.89. The molecule has 1 aliphatic rings. The Morgan fingerprint density at radius 2 is 1.62 bits per heavy atom. The molecular weight excluding hydrogens is 246 g/mol. The summed E-state index contributed by atoms with van der Waals surface area (Å²) in [5.41, 5.74) is 0. The van der Waals surface area contributed by atoms with Crippen molar-refractivity contribution in [2.45, 2.75) is 27.2 Å². The van der Waals surface area contributed by atoms with Crippen LogP contribution in [0.25, 0.3) is 0 Å². The van der Waals surface area contributed by atoms with Crippen molar-refractivity contribution in [1.82, 2.24) is 0 Å². The molecule has 0 aromatic carbocycles. The van der Waals surface area contributed by atoms with Crippen LogP contribution >= 0.6 is 0 Å². The third kappa shape index (κ3) is 2.24. The van der Waals surface area contributed by atoms with Crippen LogP contribution in [0.5, 0.6) is 0 Å². The molecule has 0 radical (unpaired) electrons. The molecule has 3 heteroatoms. The SMILES string of the molecule is C[Si]1(C)C[Se]C[Se]C1. The summed E-state index contributed by atoms with van der Waals surface area (Å²) in [6.45, 7) is 5.10. The van der Waals surface area contributed by atoms with Gasteiger partial charge in [0.2, 0.25) is 0 Å². The van der Waals surface area contributed by atoms with E-state index >= 15 is 0 Å². The Morgan fingerprint density at radius 3 is 1.88 bits per heavy atom. The first-order valence-corrected chi connectivity index (χ1v) is 11.1. The van der Waals surface area contributed by atoms with Gasteiger partial charge in [0.05, 0.1) is 0 Å².